The van der Waals surface area contributed by atoms with Gasteiger partial charge in [-0.15, -0.1) is 0 Å². The van der Waals surface area contributed by atoms with Crippen molar-refractivity contribution in [1.29, 1.82) is 10.5 Å². The van der Waals surface area contributed by atoms with Crippen molar-refractivity contribution >= 4 is 5.82 Å². The molecule has 2 aromatic rings. The molecule has 0 aliphatic rings. The molecule has 0 aliphatic heterocycles. The first-order chi connectivity index (χ1) is 12.0. The highest BCUT2D eigenvalue weighted by molar-refractivity contribution is 5.80. The highest BCUT2D eigenvalue weighted by Crippen LogP contribution is 2.32. The highest BCUT2D eigenvalue weighted by Gasteiger charge is 2.19. The fraction of sp³-hybridized carbons (Fsp3) is 0.316. The summed E-state index contributed by atoms with van der Waals surface area (Å²) in [6, 6.07) is 9.18. The minimum Gasteiger partial charge on any atom is -0.493 e. The smallest absolute Gasteiger partial charge is 0.268 e. The van der Waals surface area contributed by atoms with E-state index >= 15 is 0 Å². The predicted octanol–water partition coefficient (Wildman–Crippen LogP) is 3.24. The number of nitrogens with two attached hydrogens (primary N) is 1. The maximum absolute atomic E-state index is 12.0. The first kappa shape index (κ1) is 18.1. The van der Waals surface area contributed by atoms with Gasteiger partial charge in [-0.05, 0) is 30.5 Å². The van der Waals surface area contributed by atoms with Gasteiger partial charge in [0.1, 0.15) is 34.8 Å². The second-order valence-electron chi connectivity index (χ2n) is 5.75. The van der Waals surface area contributed by atoms with Crippen LogP contribution in [0.2, 0.25) is 0 Å². The summed E-state index contributed by atoms with van der Waals surface area (Å²) in [6.45, 7) is 4.63. The van der Waals surface area contributed by atoms with Gasteiger partial charge in [-0.3, -0.25) is 4.79 Å². The number of unbranched alkanes of at least 4 members (excludes halogenated alkanes) is 2. The van der Waals surface area contributed by atoms with Crippen LogP contribution in [0.15, 0.2) is 23.0 Å². The van der Waals surface area contributed by atoms with E-state index in [2.05, 4.69) is 11.9 Å². The first-order valence-electron chi connectivity index (χ1n) is 8.13. The van der Waals surface area contributed by atoms with Gasteiger partial charge in [-0.2, -0.15) is 10.5 Å². The first-order valence-corrected chi connectivity index (χ1v) is 8.13. The van der Waals surface area contributed by atoms with E-state index in [-0.39, 0.29) is 22.5 Å². The van der Waals surface area contributed by atoms with E-state index in [4.69, 9.17) is 10.5 Å². The van der Waals surface area contributed by atoms with Crippen molar-refractivity contribution in [3.05, 3.63) is 45.2 Å². The summed E-state index contributed by atoms with van der Waals surface area (Å²) in [6.07, 6.45) is 3.14. The second kappa shape index (κ2) is 8.03. The van der Waals surface area contributed by atoms with Crippen molar-refractivity contribution in [2.75, 3.05) is 12.3 Å². The molecule has 25 heavy (non-hydrogen) atoms. The van der Waals surface area contributed by atoms with E-state index in [0.717, 1.165) is 24.8 Å². The number of aryl methyl sites for hydroxylation is 1. The molecule has 2 rings (SSSR count). The van der Waals surface area contributed by atoms with Gasteiger partial charge in [0.15, 0.2) is 0 Å². The van der Waals surface area contributed by atoms with Crippen molar-refractivity contribution in [2.24, 2.45) is 0 Å². The molecule has 0 fully saturated rings. The fourth-order valence-corrected chi connectivity index (χ4v) is 2.58. The molecule has 0 spiro atoms. The van der Waals surface area contributed by atoms with Crippen molar-refractivity contribution in [3.63, 3.8) is 0 Å². The van der Waals surface area contributed by atoms with E-state index in [1.54, 1.807) is 12.1 Å². The third-order valence-corrected chi connectivity index (χ3v) is 3.95. The number of nitrogens with one attached hydrogen (secondary N) is 1. The molecule has 1 aromatic carbocycles. The van der Waals surface area contributed by atoms with Crippen LogP contribution in [0.3, 0.4) is 0 Å². The molecule has 6 heteroatoms. The van der Waals surface area contributed by atoms with Crippen LogP contribution in [0.1, 0.15) is 42.9 Å². The van der Waals surface area contributed by atoms with E-state index in [1.165, 1.54) is 0 Å². The number of benzene rings is 1. The molecule has 0 saturated carbocycles. The lowest BCUT2D eigenvalue weighted by Gasteiger charge is -2.13. The van der Waals surface area contributed by atoms with Crippen LogP contribution in [0, 0.1) is 29.6 Å². The standard InChI is InChI=1S/C19H20N4O2/c1-3-4-5-8-25-16-9-13(7-6-12(16)2)17-14(10-20)18(22)23-19(24)15(17)11-21/h6-7,9H,3-5,8H2,1-2H3,(H3,22,23,24). The summed E-state index contributed by atoms with van der Waals surface area (Å²) >= 11 is 0. The van der Waals surface area contributed by atoms with Crippen LogP contribution < -0.4 is 16.0 Å². The molecular formula is C19H20N4O2. The number of ether oxygens (including phenoxy) is 1. The van der Waals surface area contributed by atoms with Gasteiger partial charge in [0.05, 0.1) is 6.61 Å². The third-order valence-electron chi connectivity index (χ3n) is 3.95. The zero-order valence-electron chi connectivity index (χ0n) is 14.3. The van der Waals surface area contributed by atoms with Crippen LogP contribution in [-0.2, 0) is 0 Å². The average Bonchev–Trinajstić information content (AvgIpc) is 2.59. The number of aromatic amines is 1. The van der Waals surface area contributed by atoms with Crippen molar-refractivity contribution in [1.82, 2.24) is 4.98 Å². The van der Waals surface area contributed by atoms with E-state index in [1.807, 2.05) is 25.1 Å². The second-order valence-corrected chi connectivity index (χ2v) is 5.75. The third kappa shape index (κ3) is 3.81. The van der Waals surface area contributed by atoms with Crippen LogP contribution in [0.25, 0.3) is 11.1 Å². The molecule has 0 aliphatic carbocycles. The lowest BCUT2D eigenvalue weighted by molar-refractivity contribution is 0.304. The van der Waals surface area contributed by atoms with E-state index in [0.29, 0.717) is 17.9 Å². The molecule has 0 saturated heterocycles. The Morgan fingerprint density at radius 2 is 1.92 bits per heavy atom. The van der Waals surface area contributed by atoms with Crippen LogP contribution in [0.4, 0.5) is 5.82 Å². The number of nitriles is 2. The van der Waals surface area contributed by atoms with Gasteiger partial charge >= 0.3 is 0 Å². The van der Waals surface area contributed by atoms with Gasteiger partial charge in [-0.1, -0.05) is 31.9 Å². The molecule has 0 unspecified atom stereocenters. The summed E-state index contributed by atoms with van der Waals surface area (Å²) in [5, 5.41) is 18.7. The Morgan fingerprint density at radius 1 is 1.20 bits per heavy atom. The Balaban J connectivity index is 2.55. The number of anilines is 1. The molecule has 0 atom stereocenters. The van der Waals surface area contributed by atoms with Gasteiger partial charge in [-0.25, -0.2) is 0 Å². The van der Waals surface area contributed by atoms with Crippen LogP contribution in [0.5, 0.6) is 5.75 Å². The number of nitrogens with zero attached hydrogens (tertiary/aromatic N) is 2. The van der Waals surface area contributed by atoms with Crippen LogP contribution in [-0.4, -0.2) is 11.6 Å². The Hall–Kier alpha value is -3.25. The van der Waals surface area contributed by atoms with Crippen molar-refractivity contribution in [2.45, 2.75) is 33.1 Å². The Kier molecular flexibility index (Phi) is 5.81. The molecule has 0 bridgehead atoms. The highest BCUT2D eigenvalue weighted by atomic mass is 16.5. The maximum Gasteiger partial charge on any atom is 0.268 e. The number of nitrogen functional groups attached to an aromatic ring is 1. The Labute approximate surface area is 146 Å². The fourth-order valence-electron chi connectivity index (χ4n) is 2.58. The quantitative estimate of drug-likeness (QED) is 0.786. The molecular weight excluding hydrogens is 316 g/mol. The predicted molar refractivity (Wildman–Crippen MR) is 96.1 cm³/mol. The van der Waals surface area contributed by atoms with Crippen molar-refractivity contribution in [3.8, 4) is 29.0 Å². The summed E-state index contributed by atoms with van der Waals surface area (Å²) in [7, 11) is 0. The molecule has 128 valence electrons. The average molecular weight is 336 g/mol. The maximum atomic E-state index is 12.0. The largest absolute Gasteiger partial charge is 0.493 e. The normalized spacial score (nSPS) is 10.1. The summed E-state index contributed by atoms with van der Waals surface area (Å²) < 4.78 is 5.83. The van der Waals surface area contributed by atoms with Gasteiger partial charge in [0.25, 0.3) is 5.56 Å². The number of hydrogen-bond donors (Lipinski definition) is 2. The van der Waals surface area contributed by atoms with Gasteiger partial charge < -0.3 is 15.5 Å². The van der Waals surface area contributed by atoms with Crippen LogP contribution >= 0.6 is 0 Å². The lowest BCUT2D eigenvalue weighted by Crippen LogP contribution is -2.16. The number of rotatable bonds is 6. The van der Waals surface area contributed by atoms with E-state index < -0.39 is 5.56 Å². The molecule has 0 amide bonds. The van der Waals surface area contributed by atoms with Gasteiger partial charge in [0, 0.05) is 5.56 Å². The number of pyridine rings is 1. The Bertz CT molecular complexity index is 917. The minimum atomic E-state index is -0.611. The molecule has 3 N–H and O–H groups in total. The zero-order chi connectivity index (χ0) is 18.4. The number of hydrogen-bond acceptors (Lipinski definition) is 5. The number of aromatic nitrogens is 1. The lowest BCUT2D eigenvalue weighted by atomic mass is 9.95. The minimum absolute atomic E-state index is 0.0486. The molecule has 1 aromatic heterocycles. The molecule has 6 nitrogen and oxygen atoms in total. The molecule has 1 heterocycles. The molecule has 0 radical (unpaired) electrons. The SMILES string of the molecule is CCCCCOc1cc(-c2c(C#N)c(N)[nH]c(=O)c2C#N)ccc1C. The Morgan fingerprint density at radius 3 is 2.56 bits per heavy atom. The summed E-state index contributed by atoms with van der Waals surface area (Å²) in [5.41, 5.74) is 6.83. The van der Waals surface area contributed by atoms with E-state index in [9.17, 15) is 15.3 Å². The van der Waals surface area contributed by atoms with Crippen molar-refractivity contribution < 1.29 is 4.74 Å². The monoisotopic (exact) mass is 336 g/mol. The number of H-pyrrole nitrogens is 1. The summed E-state index contributed by atoms with van der Waals surface area (Å²) in [5.74, 6) is 0.618. The topological polar surface area (TPSA) is 116 Å². The zero-order valence-corrected chi connectivity index (χ0v) is 14.3. The summed E-state index contributed by atoms with van der Waals surface area (Å²) in [4.78, 5) is 14.4. The van der Waals surface area contributed by atoms with Gasteiger partial charge in [0.2, 0.25) is 0 Å².